The van der Waals surface area contributed by atoms with E-state index in [-0.39, 0.29) is 5.91 Å². The number of nitrogens with one attached hydrogen (secondary N) is 1. The van der Waals surface area contributed by atoms with Crippen molar-refractivity contribution in [1.82, 2.24) is 5.32 Å². The SMILES string of the molecule is CCOc1ccc(CCNC(=O)C2Cc3ccccc3O2)cc1OCC. The van der Waals surface area contributed by atoms with Crippen molar-refractivity contribution in [2.75, 3.05) is 19.8 Å². The third-order valence-electron chi connectivity index (χ3n) is 4.26. The van der Waals surface area contributed by atoms with Crippen LogP contribution in [0.1, 0.15) is 25.0 Å². The molecule has 2 aromatic carbocycles. The first-order chi connectivity index (χ1) is 12.7. The molecule has 1 heterocycles. The summed E-state index contributed by atoms with van der Waals surface area (Å²) >= 11 is 0. The van der Waals surface area contributed by atoms with Gasteiger partial charge in [-0.25, -0.2) is 0 Å². The summed E-state index contributed by atoms with van der Waals surface area (Å²) in [5.41, 5.74) is 2.17. The highest BCUT2D eigenvalue weighted by atomic mass is 16.5. The molecule has 0 bridgehead atoms. The van der Waals surface area contributed by atoms with E-state index in [0.717, 1.165) is 34.8 Å². The molecule has 0 saturated heterocycles. The van der Waals surface area contributed by atoms with Crippen molar-refractivity contribution in [2.45, 2.75) is 32.8 Å². The van der Waals surface area contributed by atoms with Crippen LogP contribution in [0.3, 0.4) is 0 Å². The van der Waals surface area contributed by atoms with E-state index in [1.807, 2.05) is 56.3 Å². The first-order valence-corrected chi connectivity index (χ1v) is 9.12. The van der Waals surface area contributed by atoms with Gasteiger partial charge in [-0.05, 0) is 49.6 Å². The van der Waals surface area contributed by atoms with E-state index >= 15 is 0 Å². The highest BCUT2D eigenvalue weighted by Crippen LogP contribution is 2.29. The summed E-state index contributed by atoms with van der Waals surface area (Å²) in [6, 6.07) is 13.7. The second kappa shape index (κ2) is 8.61. The Kier molecular flexibility index (Phi) is 6.00. The molecule has 1 amide bonds. The number of benzene rings is 2. The summed E-state index contributed by atoms with van der Waals surface area (Å²) in [6.07, 6.45) is 0.906. The number of carbonyl (C=O) groups excluding carboxylic acids is 1. The van der Waals surface area contributed by atoms with Gasteiger partial charge in [0.15, 0.2) is 17.6 Å². The Morgan fingerprint density at radius 2 is 1.88 bits per heavy atom. The summed E-state index contributed by atoms with van der Waals surface area (Å²) < 4.78 is 16.9. The lowest BCUT2D eigenvalue weighted by Gasteiger charge is -2.13. The van der Waals surface area contributed by atoms with Gasteiger partial charge in [-0.2, -0.15) is 0 Å². The zero-order valence-electron chi connectivity index (χ0n) is 15.3. The predicted octanol–water partition coefficient (Wildman–Crippen LogP) is 3.15. The Morgan fingerprint density at radius 1 is 1.12 bits per heavy atom. The summed E-state index contributed by atoms with van der Waals surface area (Å²) in [7, 11) is 0. The Morgan fingerprint density at radius 3 is 2.65 bits per heavy atom. The normalized spacial score (nSPS) is 15.1. The lowest BCUT2D eigenvalue weighted by Crippen LogP contribution is -2.38. The van der Waals surface area contributed by atoms with Gasteiger partial charge < -0.3 is 19.5 Å². The molecule has 1 N–H and O–H groups in total. The molecule has 0 aromatic heterocycles. The molecule has 26 heavy (non-hydrogen) atoms. The number of carbonyl (C=O) groups is 1. The third-order valence-corrected chi connectivity index (χ3v) is 4.26. The molecule has 1 aliphatic rings. The summed E-state index contributed by atoms with van der Waals surface area (Å²) in [5, 5.41) is 2.96. The smallest absolute Gasteiger partial charge is 0.261 e. The average Bonchev–Trinajstić information content (AvgIpc) is 3.08. The maximum absolute atomic E-state index is 12.3. The quantitative estimate of drug-likeness (QED) is 0.790. The van der Waals surface area contributed by atoms with Crippen molar-refractivity contribution >= 4 is 5.91 Å². The minimum Gasteiger partial charge on any atom is -0.490 e. The minimum atomic E-state index is -0.438. The summed E-state index contributed by atoms with van der Waals surface area (Å²) in [4.78, 5) is 12.3. The average molecular weight is 355 g/mol. The van der Waals surface area contributed by atoms with Crippen molar-refractivity contribution < 1.29 is 19.0 Å². The van der Waals surface area contributed by atoms with E-state index in [0.29, 0.717) is 26.2 Å². The number of rotatable bonds is 8. The van der Waals surface area contributed by atoms with Crippen molar-refractivity contribution in [3.05, 3.63) is 53.6 Å². The maximum Gasteiger partial charge on any atom is 0.261 e. The fourth-order valence-electron chi connectivity index (χ4n) is 3.02. The van der Waals surface area contributed by atoms with Gasteiger partial charge in [-0.1, -0.05) is 24.3 Å². The first-order valence-electron chi connectivity index (χ1n) is 9.12. The molecule has 5 nitrogen and oxygen atoms in total. The van der Waals surface area contributed by atoms with E-state index in [2.05, 4.69) is 5.32 Å². The Labute approximate surface area is 154 Å². The predicted molar refractivity (Wildman–Crippen MR) is 100 cm³/mol. The summed E-state index contributed by atoms with van der Waals surface area (Å²) in [6.45, 7) is 5.62. The zero-order valence-corrected chi connectivity index (χ0v) is 15.3. The monoisotopic (exact) mass is 355 g/mol. The van der Waals surface area contributed by atoms with Crippen molar-refractivity contribution in [3.8, 4) is 17.2 Å². The molecule has 2 aromatic rings. The largest absolute Gasteiger partial charge is 0.490 e. The van der Waals surface area contributed by atoms with Crippen LogP contribution in [0.25, 0.3) is 0 Å². The summed E-state index contributed by atoms with van der Waals surface area (Å²) in [5.74, 6) is 2.23. The zero-order chi connectivity index (χ0) is 18.4. The lowest BCUT2D eigenvalue weighted by molar-refractivity contribution is -0.127. The highest BCUT2D eigenvalue weighted by molar-refractivity contribution is 5.82. The van der Waals surface area contributed by atoms with Crippen LogP contribution in [0.5, 0.6) is 17.2 Å². The topological polar surface area (TPSA) is 56.8 Å². The fraction of sp³-hybridized carbons (Fsp3) is 0.381. The molecule has 1 unspecified atom stereocenters. The Bertz CT molecular complexity index is 734. The van der Waals surface area contributed by atoms with Crippen LogP contribution in [-0.2, 0) is 17.6 Å². The molecule has 1 aliphatic heterocycles. The molecule has 138 valence electrons. The number of fused-ring (bicyclic) bond motifs is 1. The number of amides is 1. The fourth-order valence-corrected chi connectivity index (χ4v) is 3.02. The molecular formula is C21H25NO4. The molecule has 0 radical (unpaired) electrons. The van der Waals surface area contributed by atoms with Gasteiger partial charge in [0, 0.05) is 13.0 Å². The van der Waals surface area contributed by atoms with Gasteiger partial charge >= 0.3 is 0 Å². The van der Waals surface area contributed by atoms with Crippen LogP contribution in [0.4, 0.5) is 0 Å². The van der Waals surface area contributed by atoms with Crippen LogP contribution in [0.15, 0.2) is 42.5 Å². The Balaban J connectivity index is 1.52. The lowest BCUT2D eigenvalue weighted by atomic mass is 10.1. The first kappa shape index (κ1) is 18.1. The van der Waals surface area contributed by atoms with E-state index in [4.69, 9.17) is 14.2 Å². The highest BCUT2D eigenvalue weighted by Gasteiger charge is 2.28. The molecule has 3 rings (SSSR count). The second-order valence-corrected chi connectivity index (χ2v) is 6.11. The van der Waals surface area contributed by atoms with E-state index in [9.17, 15) is 4.79 Å². The van der Waals surface area contributed by atoms with Gasteiger partial charge in [0.1, 0.15) is 5.75 Å². The van der Waals surface area contributed by atoms with Gasteiger partial charge in [-0.15, -0.1) is 0 Å². The molecule has 0 fully saturated rings. The number of hydrogen-bond acceptors (Lipinski definition) is 4. The maximum atomic E-state index is 12.3. The third kappa shape index (κ3) is 4.28. The van der Waals surface area contributed by atoms with Crippen molar-refractivity contribution in [2.24, 2.45) is 0 Å². The van der Waals surface area contributed by atoms with Crippen LogP contribution in [0, 0.1) is 0 Å². The number of hydrogen-bond donors (Lipinski definition) is 1. The van der Waals surface area contributed by atoms with Gasteiger partial charge in [0.05, 0.1) is 13.2 Å². The molecule has 0 saturated carbocycles. The molecular weight excluding hydrogens is 330 g/mol. The standard InChI is InChI=1S/C21H25NO4/c1-3-24-18-10-9-15(13-19(18)25-4-2)11-12-22-21(23)20-14-16-7-5-6-8-17(16)26-20/h5-10,13,20H,3-4,11-12,14H2,1-2H3,(H,22,23). The van der Waals surface area contributed by atoms with Crippen molar-refractivity contribution in [3.63, 3.8) is 0 Å². The number of para-hydroxylation sites is 1. The molecule has 1 atom stereocenters. The Hall–Kier alpha value is -2.69. The molecule has 0 aliphatic carbocycles. The molecule has 0 spiro atoms. The van der Waals surface area contributed by atoms with Crippen LogP contribution in [0.2, 0.25) is 0 Å². The van der Waals surface area contributed by atoms with Gasteiger partial charge in [0.25, 0.3) is 5.91 Å². The van der Waals surface area contributed by atoms with E-state index in [1.54, 1.807) is 0 Å². The van der Waals surface area contributed by atoms with Crippen molar-refractivity contribution in [1.29, 1.82) is 0 Å². The van der Waals surface area contributed by atoms with Gasteiger partial charge in [-0.3, -0.25) is 4.79 Å². The second-order valence-electron chi connectivity index (χ2n) is 6.11. The van der Waals surface area contributed by atoms with Gasteiger partial charge in [0.2, 0.25) is 0 Å². The minimum absolute atomic E-state index is 0.0721. The number of ether oxygens (including phenoxy) is 3. The van der Waals surface area contributed by atoms with Crippen LogP contribution in [-0.4, -0.2) is 31.8 Å². The van der Waals surface area contributed by atoms with E-state index in [1.165, 1.54) is 0 Å². The van der Waals surface area contributed by atoms with E-state index < -0.39 is 6.10 Å². The van der Waals surface area contributed by atoms with Crippen LogP contribution < -0.4 is 19.5 Å². The molecule has 5 heteroatoms. The van der Waals surface area contributed by atoms with Crippen LogP contribution >= 0.6 is 0 Å².